The Morgan fingerprint density at radius 2 is 2.19 bits per heavy atom. The van der Waals surface area contributed by atoms with Crippen LogP contribution < -0.4 is 10.1 Å². The Balaban J connectivity index is 2.42. The number of hydrogen-bond donors (Lipinski definition) is 1. The van der Waals surface area contributed by atoms with Crippen molar-refractivity contribution in [2.24, 2.45) is 0 Å². The fraction of sp³-hybridized carbons (Fsp3) is 0.222. The molecule has 0 aliphatic rings. The molecule has 0 aliphatic carbocycles. The molecule has 0 bridgehead atoms. The highest BCUT2D eigenvalue weighted by molar-refractivity contribution is 7.10. The maximum Gasteiger partial charge on any atom is 0.134 e. The minimum Gasteiger partial charge on any atom is -0.484 e. The SMILES string of the molecule is [2H]c1sc(C([2H])(Oc2c([2H])c([2H])c([2H])c3c([2H])c([2H])c([2H])c([2H])c23)C([2H])([2H])CNC([2H])([2H])[2H])c([2H])c1[2H]. The lowest BCUT2D eigenvalue weighted by Crippen LogP contribution is -2.15. The predicted molar refractivity (Wildman–Crippen MR) is 90.2 cm³/mol. The zero-order chi connectivity index (χ0) is 28.4. The second-order valence-electron chi connectivity index (χ2n) is 3.70. The van der Waals surface area contributed by atoms with Gasteiger partial charge in [-0.05, 0) is 36.3 Å². The molecule has 1 unspecified atom stereocenters. The van der Waals surface area contributed by atoms with Gasteiger partial charge in [0.05, 0.1) is 15.1 Å². The van der Waals surface area contributed by atoms with Crippen LogP contribution in [-0.4, -0.2) is 13.5 Å². The van der Waals surface area contributed by atoms with Crippen LogP contribution in [0.15, 0.2) is 59.7 Å². The van der Waals surface area contributed by atoms with E-state index in [4.69, 9.17) is 26.7 Å². The molecule has 1 atom stereocenters. The van der Waals surface area contributed by atoms with Gasteiger partial charge in [0, 0.05) is 23.5 Å². The van der Waals surface area contributed by atoms with Gasteiger partial charge in [0.25, 0.3) is 0 Å². The second kappa shape index (κ2) is 6.74. The average Bonchev–Trinajstić information content (AvgIpc) is 3.07. The number of rotatable bonds is 6. The van der Waals surface area contributed by atoms with E-state index in [1.54, 1.807) is 0 Å². The third-order valence-corrected chi connectivity index (χ3v) is 3.10. The van der Waals surface area contributed by atoms with Crippen molar-refractivity contribution in [2.45, 2.75) is 12.5 Å². The summed E-state index contributed by atoms with van der Waals surface area (Å²) in [5.74, 6) is -0.874. The van der Waals surface area contributed by atoms with Crippen LogP contribution in [0.2, 0.25) is 0 Å². The van der Waals surface area contributed by atoms with Gasteiger partial charge in [-0.25, -0.2) is 0 Å². The van der Waals surface area contributed by atoms with E-state index in [0.717, 1.165) is 0 Å². The van der Waals surface area contributed by atoms with Crippen molar-refractivity contribution in [3.05, 3.63) is 64.6 Å². The molecule has 3 rings (SSSR count). The van der Waals surface area contributed by atoms with Gasteiger partial charge in [0.15, 0.2) is 0 Å². The molecule has 0 saturated carbocycles. The summed E-state index contributed by atoms with van der Waals surface area (Å²) < 4.78 is 134. The first-order valence-corrected chi connectivity index (χ1v) is 6.59. The van der Waals surface area contributed by atoms with E-state index in [1.807, 2.05) is 5.32 Å². The molecule has 0 radical (unpaired) electrons. The molecule has 2 nitrogen and oxygen atoms in total. The first kappa shape index (κ1) is 4.58. The van der Waals surface area contributed by atoms with Gasteiger partial charge in [-0.1, -0.05) is 42.3 Å². The van der Waals surface area contributed by atoms with Gasteiger partial charge in [0.1, 0.15) is 11.8 Å². The number of thiophene rings is 1. The molecular weight excluding hydrogens is 278 g/mol. The highest BCUT2D eigenvalue weighted by Gasteiger charge is 2.15. The maximum absolute atomic E-state index is 9.00. The van der Waals surface area contributed by atoms with E-state index in [1.165, 1.54) is 0 Å². The number of nitrogens with one attached hydrogen (secondary N) is 1. The monoisotopic (exact) mass is 313 g/mol. The Labute approximate surface area is 151 Å². The Bertz CT molecular complexity index is 1390. The van der Waals surface area contributed by atoms with Crippen molar-refractivity contribution >= 4 is 22.1 Å². The Hall–Kier alpha value is -1.84. The Kier molecular flexibility index (Phi) is 1.47. The van der Waals surface area contributed by atoms with Gasteiger partial charge in [0.2, 0.25) is 0 Å². The molecule has 0 saturated heterocycles. The topological polar surface area (TPSA) is 21.3 Å². The lowest BCUT2D eigenvalue weighted by atomic mass is 10.1. The molecule has 1 aromatic heterocycles. The summed E-state index contributed by atoms with van der Waals surface area (Å²) in [7, 11) is 0. The van der Waals surface area contributed by atoms with Crippen LogP contribution in [0.3, 0.4) is 0 Å². The van der Waals surface area contributed by atoms with Crippen LogP contribution in [0.4, 0.5) is 0 Å². The van der Waals surface area contributed by atoms with Gasteiger partial charge in [-0.2, -0.15) is 0 Å². The molecule has 0 spiro atoms. The molecule has 1 heterocycles. The zero-order valence-corrected chi connectivity index (χ0v) is 11.3. The Morgan fingerprint density at radius 1 is 1.29 bits per heavy atom. The first-order valence-electron chi connectivity index (χ1n) is 13.8. The van der Waals surface area contributed by atoms with Gasteiger partial charge in [-0.15, -0.1) is 11.3 Å². The van der Waals surface area contributed by atoms with Crippen molar-refractivity contribution in [3.8, 4) is 5.75 Å². The zero-order valence-electron chi connectivity index (χ0n) is 26.5. The molecule has 0 amide bonds. The average molecular weight is 314 g/mol. The number of ether oxygens (including phenoxy) is 1. The molecule has 0 aliphatic heterocycles. The van der Waals surface area contributed by atoms with Crippen molar-refractivity contribution in [1.29, 1.82) is 0 Å². The van der Waals surface area contributed by atoms with E-state index in [0.29, 0.717) is 11.3 Å². The van der Waals surface area contributed by atoms with E-state index < -0.39 is 107 Å². The lowest BCUT2D eigenvalue weighted by Gasteiger charge is -2.19. The third-order valence-electron chi connectivity index (χ3n) is 2.41. The van der Waals surface area contributed by atoms with Gasteiger partial charge >= 0.3 is 0 Å². The minimum atomic E-state index is -3.14. The van der Waals surface area contributed by atoms with Crippen LogP contribution in [0.25, 0.3) is 10.8 Å². The standard InChI is InChI=1S/C18H19NOS/c1-19-12-11-17(18-10-5-13-21-18)20-16-9-4-7-14-6-2-3-8-15(14)16/h2-10,13,17,19H,11-12H2,1H3/i1D3,2D,3D,4D,5D,6D,7D,8D,9D,10D,11D2,13D,17D. The quantitative estimate of drug-likeness (QED) is 0.716. The third kappa shape index (κ3) is 3.26. The summed E-state index contributed by atoms with van der Waals surface area (Å²) in [5, 5.41) is 0.273. The molecule has 108 valence electrons. The largest absolute Gasteiger partial charge is 0.484 e. The number of hydrogen-bond acceptors (Lipinski definition) is 3. The number of fused-ring (bicyclic) bond motifs is 1. The van der Waals surface area contributed by atoms with Crippen LogP contribution in [-0.2, 0) is 0 Å². The van der Waals surface area contributed by atoms with E-state index in [9.17, 15) is 0 Å². The molecule has 3 aromatic rings. The Morgan fingerprint density at radius 3 is 3.05 bits per heavy atom. The van der Waals surface area contributed by atoms with Crippen molar-refractivity contribution in [1.82, 2.24) is 5.32 Å². The van der Waals surface area contributed by atoms with Crippen molar-refractivity contribution in [3.63, 3.8) is 0 Å². The highest BCUT2D eigenvalue weighted by atomic mass is 32.1. The van der Waals surface area contributed by atoms with Crippen molar-refractivity contribution in [2.75, 3.05) is 13.5 Å². The van der Waals surface area contributed by atoms with E-state index in [-0.39, 0.29) is 0 Å². The van der Waals surface area contributed by atoms with E-state index >= 15 is 0 Å². The molecule has 3 heteroatoms. The summed E-state index contributed by atoms with van der Waals surface area (Å²) in [6, 6.07) is -7.01. The van der Waals surface area contributed by atoms with Crippen LogP contribution in [0.5, 0.6) is 5.75 Å². The normalized spacial score (nSPS) is 26.1. The van der Waals surface area contributed by atoms with Crippen molar-refractivity contribution < 1.29 is 26.7 Å². The fourth-order valence-electron chi connectivity index (χ4n) is 1.54. The molecule has 2 aromatic carbocycles. The van der Waals surface area contributed by atoms with Gasteiger partial charge in [-0.3, -0.25) is 0 Å². The second-order valence-corrected chi connectivity index (χ2v) is 4.52. The summed E-state index contributed by atoms with van der Waals surface area (Å²) in [5.41, 5.74) is 0. The van der Waals surface area contributed by atoms with Gasteiger partial charge < -0.3 is 10.1 Å². The molecule has 0 fully saturated rings. The minimum absolute atomic E-state index is 0.334. The predicted octanol–water partition coefficient (Wildman–Crippen LogP) is 4.63. The van der Waals surface area contributed by atoms with Crippen LogP contribution >= 0.6 is 11.3 Å². The summed E-state index contributed by atoms with van der Waals surface area (Å²) in [6.07, 6.45) is -6.19. The summed E-state index contributed by atoms with van der Waals surface area (Å²) in [4.78, 5) is -0.644. The molecule has 1 N–H and O–H groups in total. The lowest BCUT2D eigenvalue weighted by molar-refractivity contribution is 0.201. The maximum atomic E-state index is 9.00. The summed E-state index contributed by atoms with van der Waals surface area (Å²) >= 11 is 0.334. The number of benzene rings is 2. The van der Waals surface area contributed by atoms with Crippen LogP contribution in [0.1, 0.15) is 39.3 Å². The van der Waals surface area contributed by atoms with Crippen LogP contribution in [0, 0.1) is 0 Å². The first-order chi connectivity index (χ1) is 16.8. The fourth-order valence-corrected chi connectivity index (χ4v) is 2.06. The summed E-state index contributed by atoms with van der Waals surface area (Å²) in [6.45, 7) is -3.93. The highest BCUT2D eigenvalue weighted by Crippen LogP contribution is 2.32. The molecular formula is C18H19NOS. The van der Waals surface area contributed by atoms with E-state index in [2.05, 4.69) is 0 Å². The molecule has 21 heavy (non-hydrogen) atoms. The smallest absolute Gasteiger partial charge is 0.134 e.